The number of carbonyl (C=O) groups is 3. The quantitative estimate of drug-likeness (QED) is 0.469. The van der Waals surface area contributed by atoms with Crippen LogP contribution in [0, 0.1) is 6.92 Å². The first-order valence-electron chi connectivity index (χ1n) is 11.1. The number of aliphatic imine (C=N–C) groups is 1. The van der Waals surface area contributed by atoms with Gasteiger partial charge in [0.25, 0.3) is 0 Å². The molecule has 34 heavy (non-hydrogen) atoms. The van der Waals surface area contributed by atoms with Gasteiger partial charge in [-0.05, 0) is 54.0 Å². The molecule has 0 radical (unpaired) electrons. The highest BCUT2D eigenvalue weighted by Gasteiger charge is 2.35. The van der Waals surface area contributed by atoms with Gasteiger partial charge in [-0.3, -0.25) is 0 Å². The predicted octanol–water partition coefficient (Wildman–Crippen LogP) is 4.24. The lowest BCUT2D eigenvalue weighted by Gasteiger charge is -2.42. The number of carbonyl (C=O) groups excluding carboxylic acids is 3. The zero-order valence-corrected chi connectivity index (χ0v) is 21.7. The van der Waals surface area contributed by atoms with Crippen molar-refractivity contribution in [1.29, 1.82) is 0 Å². The van der Waals surface area contributed by atoms with Gasteiger partial charge in [-0.25, -0.2) is 19.3 Å². The average molecular weight is 476 g/mol. The van der Waals surface area contributed by atoms with Gasteiger partial charge in [0, 0.05) is 14.1 Å². The van der Waals surface area contributed by atoms with Gasteiger partial charge >= 0.3 is 18.2 Å². The highest BCUT2D eigenvalue weighted by molar-refractivity contribution is 5.99. The molecule has 0 spiro atoms. The minimum Gasteiger partial charge on any atom is -0.443 e. The molecule has 4 amide bonds. The molecule has 1 aromatic carbocycles. The number of rotatable bonds is 2. The summed E-state index contributed by atoms with van der Waals surface area (Å²) in [6.45, 7) is 12.8. The maximum atomic E-state index is 13.4. The average Bonchev–Trinajstić information content (AvgIpc) is 2.65. The molecule has 0 aliphatic carbocycles. The summed E-state index contributed by atoms with van der Waals surface area (Å²) < 4.78 is 11.1. The molecule has 0 unspecified atom stereocenters. The molecule has 10 heteroatoms. The van der Waals surface area contributed by atoms with Crippen molar-refractivity contribution in [3.63, 3.8) is 0 Å². The van der Waals surface area contributed by atoms with Crippen molar-refractivity contribution in [3.8, 4) is 0 Å². The van der Waals surface area contributed by atoms with Gasteiger partial charge in [-0.1, -0.05) is 29.8 Å². The van der Waals surface area contributed by atoms with Crippen LogP contribution in [0.15, 0.2) is 29.3 Å². The molecule has 188 valence electrons. The highest BCUT2D eigenvalue weighted by atomic mass is 16.6. The minimum atomic E-state index is -0.845. The smallest absolute Gasteiger partial charge is 0.437 e. The molecule has 10 nitrogen and oxygen atoms in total. The second-order valence-electron chi connectivity index (χ2n) is 10.4. The van der Waals surface area contributed by atoms with Crippen molar-refractivity contribution in [2.45, 2.75) is 66.2 Å². The summed E-state index contributed by atoms with van der Waals surface area (Å²) in [5.41, 5.74) is 0.308. The maximum absolute atomic E-state index is 13.4. The van der Waals surface area contributed by atoms with Crippen molar-refractivity contribution < 1.29 is 23.9 Å². The number of aryl methyl sites for hydroxylation is 1. The zero-order chi connectivity index (χ0) is 25.8. The molecular weight excluding hydrogens is 438 g/mol. The van der Waals surface area contributed by atoms with Crippen LogP contribution in [-0.4, -0.2) is 82.4 Å². The molecule has 0 bridgehead atoms. The van der Waals surface area contributed by atoms with E-state index < -0.39 is 23.4 Å². The van der Waals surface area contributed by atoms with E-state index in [0.717, 1.165) is 11.1 Å². The minimum absolute atomic E-state index is 0.0382. The maximum Gasteiger partial charge on any atom is 0.437 e. The van der Waals surface area contributed by atoms with Crippen molar-refractivity contribution in [2.75, 3.05) is 27.4 Å². The Morgan fingerprint density at radius 3 is 2.06 bits per heavy atom. The first-order chi connectivity index (χ1) is 15.6. The van der Waals surface area contributed by atoms with E-state index in [0.29, 0.717) is 0 Å². The van der Waals surface area contributed by atoms with E-state index in [1.807, 2.05) is 31.2 Å². The van der Waals surface area contributed by atoms with Gasteiger partial charge in [0.1, 0.15) is 11.2 Å². The third kappa shape index (κ3) is 7.93. The van der Waals surface area contributed by atoms with Crippen molar-refractivity contribution in [2.24, 2.45) is 4.99 Å². The van der Waals surface area contributed by atoms with Gasteiger partial charge in [0.2, 0.25) is 5.96 Å². The molecule has 0 aromatic heterocycles. The largest absolute Gasteiger partial charge is 0.443 e. The highest BCUT2D eigenvalue weighted by Crippen LogP contribution is 2.19. The second kappa shape index (κ2) is 10.3. The molecule has 2 rings (SSSR count). The van der Waals surface area contributed by atoms with Gasteiger partial charge < -0.3 is 24.2 Å². The van der Waals surface area contributed by atoms with Crippen LogP contribution in [0.4, 0.5) is 14.4 Å². The van der Waals surface area contributed by atoms with E-state index in [4.69, 9.17) is 9.47 Å². The normalized spacial score (nSPS) is 15.4. The first kappa shape index (κ1) is 26.9. The number of ether oxygens (including phenoxy) is 2. The fourth-order valence-corrected chi connectivity index (χ4v) is 3.29. The Labute approximate surface area is 202 Å². The zero-order valence-electron chi connectivity index (χ0n) is 21.7. The summed E-state index contributed by atoms with van der Waals surface area (Å²) in [5.74, 6) is 0.0382. The molecule has 1 saturated heterocycles. The van der Waals surface area contributed by atoms with Crippen LogP contribution in [0.1, 0.15) is 52.7 Å². The number of hydrogen-bond donors (Lipinski definition) is 0. The van der Waals surface area contributed by atoms with E-state index in [9.17, 15) is 14.4 Å². The lowest BCUT2D eigenvalue weighted by Crippen LogP contribution is -2.60. The van der Waals surface area contributed by atoms with E-state index in [1.54, 1.807) is 60.5 Å². The van der Waals surface area contributed by atoms with E-state index in [2.05, 4.69) is 4.99 Å². The Balaban J connectivity index is 2.56. The lowest BCUT2D eigenvalue weighted by molar-refractivity contribution is 0.0300. The third-order valence-electron chi connectivity index (χ3n) is 4.56. The summed E-state index contributed by atoms with van der Waals surface area (Å²) in [7, 11) is 3.27. The first-order valence-corrected chi connectivity index (χ1v) is 11.1. The van der Waals surface area contributed by atoms with Crippen molar-refractivity contribution in [1.82, 2.24) is 19.6 Å². The number of benzene rings is 1. The van der Waals surface area contributed by atoms with Crippen molar-refractivity contribution >= 4 is 24.2 Å². The molecular formula is C24H37N5O5. The van der Waals surface area contributed by atoms with Gasteiger partial charge in [0.05, 0.1) is 19.9 Å². The van der Waals surface area contributed by atoms with Crippen LogP contribution in [0.2, 0.25) is 0 Å². The molecule has 1 aliphatic heterocycles. The van der Waals surface area contributed by atoms with Gasteiger partial charge in [-0.15, -0.1) is 4.99 Å². The molecule has 0 atom stereocenters. The van der Waals surface area contributed by atoms with Gasteiger partial charge in [-0.2, -0.15) is 0 Å². The number of guanidine groups is 1. The van der Waals surface area contributed by atoms with Crippen LogP contribution in [0.3, 0.4) is 0 Å². The Morgan fingerprint density at radius 2 is 1.56 bits per heavy atom. The molecule has 1 aliphatic rings. The van der Waals surface area contributed by atoms with E-state index in [1.165, 1.54) is 14.7 Å². The summed E-state index contributed by atoms with van der Waals surface area (Å²) in [5, 5.41) is 0. The van der Waals surface area contributed by atoms with Crippen LogP contribution >= 0.6 is 0 Å². The Morgan fingerprint density at radius 1 is 1.00 bits per heavy atom. The van der Waals surface area contributed by atoms with Gasteiger partial charge in [0.15, 0.2) is 0 Å². The fraction of sp³-hybridized carbons (Fsp3) is 0.583. The fourth-order valence-electron chi connectivity index (χ4n) is 3.29. The number of hydrogen-bond acceptors (Lipinski definition) is 5. The number of amides is 4. The number of urea groups is 1. The summed E-state index contributed by atoms with van der Waals surface area (Å²) >= 11 is 0. The van der Waals surface area contributed by atoms with Crippen LogP contribution in [0.5, 0.6) is 0 Å². The second-order valence-corrected chi connectivity index (χ2v) is 10.4. The topological polar surface area (TPSA) is 95.0 Å². The van der Waals surface area contributed by atoms with Crippen molar-refractivity contribution in [3.05, 3.63) is 35.4 Å². The Hall–Kier alpha value is -3.30. The lowest BCUT2D eigenvalue weighted by atomic mass is 10.1. The van der Waals surface area contributed by atoms with Crippen LogP contribution in [0.25, 0.3) is 0 Å². The molecule has 1 heterocycles. The van der Waals surface area contributed by atoms with Crippen LogP contribution < -0.4 is 0 Å². The molecule has 1 fully saturated rings. The summed E-state index contributed by atoms with van der Waals surface area (Å²) in [6, 6.07) is 7.49. The van der Waals surface area contributed by atoms with Crippen LogP contribution in [-0.2, 0) is 16.0 Å². The monoisotopic (exact) mass is 475 g/mol. The SMILES string of the molecule is Cc1cccc(CN(C(=O)OC(C)(C)C)C(=NC(=O)OC(C)(C)C)N2CN(C)C(=O)N(C)C2)c1. The Kier molecular flexibility index (Phi) is 8.18. The Bertz CT molecular complexity index is 934. The van der Waals surface area contributed by atoms with E-state index in [-0.39, 0.29) is 31.9 Å². The molecule has 0 N–H and O–H groups in total. The van der Waals surface area contributed by atoms with E-state index >= 15 is 0 Å². The molecule has 1 aromatic rings. The molecule has 0 saturated carbocycles. The third-order valence-corrected chi connectivity index (χ3v) is 4.56. The summed E-state index contributed by atoms with van der Waals surface area (Å²) in [6.07, 6.45) is -1.51. The summed E-state index contributed by atoms with van der Waals surface area (Å²) in [4.78, 5) is 48.5. The standard InChI is InChI=1S/C24H37N5O5/c1-17-11-10-12-18(13-17)14-29(22(32)34-24(5,6)7)19(25-20(30)33-23(2,3)4)28-15-26(8)21(31)27(9)16-28/h10-13H,14-16H2,1-9H3. The predicted molar refractivity (Wildman–Crippen MR) is 129 cm³/mol. The number of nitrogens with zero attached hydrogens (tertiary/aromatic N) is 5.